The first-order valence-electron chi connectivity index (χ1n) is 26.7. The molecule has 0 aliphatic carbocycles. The number of carbonyl (C=O) groups is 2. The van der Waals surface area contributed by atoms with Crippen molar-refractivity contribution in [2.45, 2.75) is 296 Å². The van der Waals surface area contributed by atoms with Crippen molar-refractivity contribution in [1.82, 2.24) is 5.32 Å². The fourth-order valence-electron chi connectivity index (χ4n) is 8.11. The average Bonchev–Trinajstić information content (AvgIpc) is 3.25. The van der Waals surface area contributed by atoms with Gasteiger partial charge in [0.05, 0.1) is 25.2 Å². The summed E-state index contributed by atoms with van der Waals surface area (Å²) in [7, 11) is 0. The number of carbonyl (C=O) groups excluding carboxylic acids is 2. The van der Waals surface area contributed by atoms with Crippen molar-refractivity contribution in [2.75, 3.05) is 6.61 Å². The molecule has 0 heterocycles. The average molecular weight is 858 g/mol. The molecule has 0 saturated carbocycles. The van der Waals surface area contributed by atoms with Gasteiger partial charge in [-0.15, -0.1) is 0 Å². The van der Waals surface area contributed by atoms with E-state index < -0.39 is 18.2 Å². The summed E-state index contributed by atoms with van der Waals surface area (Å²) < 4.78 is 5.90. The summed E-state index contributed by atoms with van der Waals surface area (Å²) in [5.41, 5.74) is 0. The Bertz CT molecular complexity index is 1010. The second-order valence-corrected chi connectivity index (χ2v) is 18.3. The Balaban J connectivity index is 4.55. The van der Waals surface area contributed by atoms with E-state index in [2.05, 4.69) is 62.5 Å². The third-order valence-corrected chi connectivity index (χ3v) is 12.2. The van der Waals surface area contributed by atoms with E-state index in [4.69, 9.17) is 4.74 Å². The molecule has 0 aliphatic rings. The molecule has 0 aromatic carbocycles. The molecular weight excluding hydrogens is 755 g/mol. The number of ether oxygens (including phenoxy) is 1. The van der Waals surface area contributed by atoms with Gasteiger partial charge in [-0.25, -0.2) is 0 Å². The minimum Gasteiger partial charge on any atom is -0.462 e. The minimum atomic E-state index is -0.799. The zero-order valence-electron chi connectivity index (χ0n) is 40.8. The molecule has 3 N–H and O–H groups in total. The van der Waals surface area contributed by atoms with Gasteiger partial charge in [-0.2, -0.15) is 0 Å². The van der Waals surface area contributed by atoms with Gasteiger partial charge in [0.25, 0.3) is 0 Å². The molecule has 6 heteroatoms. The van der Waals surface area contributed by atoms with E-state index in [1.54, 1.807) is 0 Å². The lowest BCUT2D eigenvalue weighted by atomic mass is 10.0. The molecule has 0 bridgehead atoms. The molecule has 0 aromatic heterocycles. The fourth-order valence-corrected chi connectivity index (χ4v) is 8.11. The van der Waals surface area contributed by atoms with Gasteiger partial charge in [0.1, 0.15) is 6.10 Å². The first-order valence-corrected chi connectivity index (χ1v) is 26.7. The Morgan fingerprint density at radius 1 is 0.475 bits per heavy atom. The summed E-state index contributed by atoms with van der Waals surface area (Å²) in [6.45, 7) is 6.44. The number of esters is 1. The molecule has 6 nitrogen and oxygen atoms in total. The summed E-state index contributed by atoms with van der Waals surface area (Å²) in [4.78, 5) is 26.1. The van der Waals surface area contributed by atoms with Gasteiger partial charge in [0.15, 0.2) is 0 Å². The highest BCUT2D eigenvalue weighted by atomic mass is 16.5. The highest BCUT2D eigenvalue weighted by Gasteiger charge is 2.24. The van der Waals surface area contributed by atoms with Crippen LogP contribution < -0.4 is 5.32 Å². The zero-order valence-corrected chi connectivity index (χ0v) is 40.8. The van der Waals surface area contributed by atoms with E-state index in [-0.39, 0.29) is 24.9 Å². The summed E-state index contributed by atoms with van der Waals surface area (Å²) in [5, 5.41) is 23.8. The largest absolute Gasteiger partial charge is 0.462 e. The topological polar surface area (TPSA) is 95.9 Å². The van der Waals surface area contributed by atoms with Gasteiger partial charge in [-0.05, 0) is 64.2 Å². The van der Waals surface area contributed by atoms with Crippen LogP contribution in [0, 0.1) is 0 Å². The molecule has 61 heavy (non-hydrogen) atoms. The maximum absolute atomic E-state index is 13.2. The maximum atomic E-state index is 13.2. The van der Waals surface area contributed by atoms with Crippen molar-refractivity contribution in [1.29, 1.82) is 0 Å². The number of amides is 1. The van der Waals surface area contributed by atoms with Gasteiger partial charge in [0.2, 0.25) is 5.91 Å². The van der Waals surface area contributed by atoms with Crippen LogP contribution in [0.5, 0.6) is 0 Å². The van der Waals surface area contributed by atoms with E-state index in [1.807, 2.05) is 0 Å². The van der Waals surface area contributed by atoms with E-state index in [0.717, 1.165) is 64.2 Å². The minimum absolute atomic E-state index is 0.0436. The molecular formula is C55H103NO5. The SMILES string of the molecule is CCCC/C=C\CCCCCCCC(=O)OC(CCC/C=C/C=C/CCCCCCCCC)CC(=O)NC(CO)C(O)CCCCCCCCCCCCCCCCCCC. The molecule has 1 amide bonds. The van der Waals surface area contributed by atoms with Gasteiger partial charge >= 0.3 is 5.97 Å². The predicted octanol–water partition coefficient (Wildman–Crippen LogP) is 16.1. The van der Waals surface area contributed by atoms with Crippen molar-refractivity contribution >= 4 is 11.9 Å². The molecule has 0 spiro atoms. The quantitative estimate of drug-likeness (QED) is 0.0245. The third-order valence-electron chi connectivity index (χ3n) is 12.2. The first kappa shape index (κ1) is 59.1. The number of aliphatic hydroxyl groups excluding tert-OH is 2. The number of unbranched alkanes of at least 4 members (excludes halogenated alkanes) is 31. The summed E-state index contributed by atoms with van der Waals surface area (Å²) >= 11 is 0. The van der Waals surface area contributed by atoms with Crippen LogP contribution >= 0.6 is 0 Å². The molecule has 358 valence electrons. The van der Waals surface area contributed by atoms with Crippen LogP contribution in [-0.2, 0) is 14.3 Å². The second kappa shape index (κ2) is 49.1. The number of nitrogens with one attached hydrogen (secondary N) is 1. The molecule has 3 atom stereocenters. The molecule has 0 rings (SSSR count). The Morgan fingerprint density at radius 2 is 0.869 bits per heavy atom. The van der Waals surface area contributed by atoms with Crippen molar-refractivity contribution in [3.05, 3.63) is 36.5 Å². The highest BCUT2D eigenvalue weighted by molar-refractivity contribution is 5.77. The van der Waals surface area contributed by atoms with Crippen LogP contribution in [0.15, 0.2) is 36.5 Å². The fraction of sp³-hybridized carbons (Fsp3) is 0.855. The lowest BCUT2D eigenvalue weighted by Gasteiger charge is -2.24. The van der Waals surface area contributed by atoms with Crippen LogP contribution in [0.4, 0.5) is 0 Å². The lowest BCUT2D eigenvalue weighted by Crippen LogP contribution is -2.46. The van der Waals surface area contributed by atoms with Crippen LogP contribution in [0.25, 0.3) is 0 Å². The Hall–Kier alpha value is -1.92. The normalized spacial score (nSPS) is 13.5. The molecule has 0 aromatic rings. The maximum Gasteiger partial charge on any atom is 0.306 e. The van der Waals surface area contributed by atoms with Gasteiger partial charge < -0.3 is 20.3 Å². The van der Waals surface area contributed by atoms with Crippen molar-refractivity contribution in [3.8, 4) is 0 Å². The van der Waals surface area contributed by atoms with Gasteiger partial charge in [-0.1, -0.05) is 237 Å². The molecule has 0 radical (unpaired) electrons. The van der Waals surface area contributed by atoms with E-state index >= 15 is 0 Å². The number of aliphatic hydroxyl groups is 2. The first-order chi connectivity index (χ1) is 30.0. The van der Waals surface area contributed by atoms with Crippen LogP contribution in [0.3, 0.4) is 0 Å². The van der Waals surface area contributed by atoms with E-state index in [0.29, 0.717) is 19.3 Å². The highest BCUT2D eigenvalue weighted by Crippen LogP contribution is 2.17. The number of hydrogen-bond donors (Lipinski definition) is 3. The Kier molecular flexibility index (Phi) is 47.6. The Morgan fingerprint density at radius 3 is 1.34 bits per heavy atom. The number of allylic oxidation sites excluding steroid dienone is 6. The standard InChI is InChI=1S/C55H103NO5/c1-4-7-10-13-16-19-22-24-26-27-28-30-33-35-38-41-44-47-53(58)52(50-57)56-54(59)49-51(46-43-40-37-34-32-29-25-23-20-17-14-11-8-5-2)61-55(60)48-45-42-39-36-31-21-18-15-12-9-6-3/h15,18,29,32,34,37,51-53,57-58H,4-14,16-17,19-28,30-31,33,35-36,38-50H2,1-3H3,(H,56,59)/b18-15-,32-29+,37-34+. The van der Waals surface area contributed by atoms with Crippen molar-refractivity contribution in [3.63, 3.8) is 0 Å². The molecule has 3 unspecified atom stereocenters. The number of hydrogen-bond acceptors (Lipinski definition) is 5. The summed E-state index contributed by atoms with van der Waals surface area (Å²) in [5.74, 6) is -0.524. The van der Waals surface area contributed by atoms with E-state index in [9.17, 15) is 19.8 Å². The third kappa shape index (κ3) is 44.5. The monoisotopic (exact) mass is 858 g/mol. The van der Waals surface area contributed by atoms with Crippen LogP contribution in [0.2, 0.25) is 0 Å². The van der Waals surface area contributed by atoms with Gasteiger partial charge in [-0.3, -0.25) is 9.59 Å². The second-order valence-electron chi connectivity index (χ2n) is 18.3. The van der Waals surface area contributed by atoms with Crippen molar-refractivity contribution < 1.29 is 24.5 Å². The van der Waals surface area contributed by atoms with Crippen molar-refractivity contribution in [2.24, 2.45) is 0 Å². The lowest BCUT2D eigenvalue weighted by molar-refractivity contribution is -0.151. The summed E-state index contributed by atoms with van der Waals surface area (Å²) in [6.07, 6.45) is 57.8. The van der Waals surface area contributed by atoms with Crippen LogP contribution in [-0.4, -0.2) is 46.9 Å². The smallest absolute Gasteiger partial charge is 0.306 e. The number of rotatable bonds is 48. The molecule has 0 saturated heterocycles. The Labute approximate surface area is 379 Å². The zero-order chi connectivity index (χ0) is 44.5. The van der Waals surface area contributed by atoms with Gasteiger partial charge in [0, 0.05) is 6.42 Å². The van der Waals surface area contributed by atoms with E-state index in [1.165, 1.54) is 167 Å². The molecule has 0 aliphatic heterocycles. The molecule has 0 fully saturated rings. The predicted molar refractivity (Wildman–Crippen MR) is 264 cm³/mol. The van der Waals surface area contributed by atoms with Crippen LogP contribution in [0.1, 0.15) is 278 Å². The summed E-state index contributed by atoms with van der Waals surface area (Å²) in [6, 6.07) is -0.715.